The van der Waals surface area contributed by atoms with Gasteiger partial charge in [-0.05, 0) is 36.8 Å². The summed E-state index contributed by atoms with van der Waals surface area (Å²) in [5.41, 5.74) is 2.54. The van der Waals surface area contributed by atoms with Crippen LogP contribution in [0.2, 0.25) is 5.02 Å². The summed E-state index contributed by atoms with van der Waals surface area (Å²) in [7, 11) is 0. The molecule has 2 aromatic rings. The molecule has 0 unspecified atom stereocenters. The predicted octanol–water partition coefficient (Wildman–Crippen LogP) is 4.10. The van der Waals surface area contributed by atoms with Crippen LogP contribution in [0, 0.1) is 6.92 Å². The van der Waals surface area contributed by atoms with Crippen LogP contribution >= 0.6 is 11.6 Å². The summed E-state index contributed by atoms with van der Waals surface area (Å²) >= 11 is 5.91. The largest absolute Gasteiger partial charge is 0.507 e. The Labute approximate surface area is 105 Å². The lowest BCUT2D eigenvalue weighted by molar-refractivity contribution is 0.474. The Morgan fingerprint density at radius 2 is 1.94 bits per heavy atom. The lowest BCUT2D eigenvalue weighted by Gasteiger charge is -2.01. The van der Waals surface area contributed by atoms with Gasteiger partial charge in [-0.3, -0.25) is 4.99 Å². The molecule has 2 nitrogen and oxygen atoms in total. The molecule has 0 radical (unpaired) electrons. The van der Waals surface area contributed by atoms with Crippen LogP contribution < -0.4 is 0 Å². The van der Waals surface area contributed by atoms with Gasteiger partial charge in [0.15, 0.2) is 0 Å². The maximum absolute atomic E-state index is 9.60. The Morgan fingerprint density at radius 1 is 1.18 bits per heavy atom. The highest BCUT2D eigenvalue weighted by molar-refractivity contribution is 6.30. The number of aliphatic imine (C=N–C) groups is 1. The Hall–Kier alpha value is -1.80. The van der Waals surface area contributed by atoms with Crippen molar-refractivity contribution in [1.82, 2.24) is 0 Å². The SMILES string of the molecule is Cc1ccc(Cl)cc1N=Cc1ccccc1O. The van der Waals surface area contributed by atoms with Gasteiger partial charge in [0.1, 0.15) is 5.75 Å². The predicted molar refractivity (Wildman–Crippen MR) is 71.5 cm³/mol. The summed E-state index contributed by atoms with van der Waals surface area (Å²) in [5.74, 6) is 0.218. The van der Waals surface area contributed by atoms with Crippen LogP contribution in [0.3, 0.4) is 0 Å². The molecule has 0 saturated heterocycles. The first-order valence-corrected chi connectivity index (χ1v) is 5.63. The topological polar surface area (TPSA) is 32.6 Å². The van der Waals surface area contributed by atoms with Gasteiger partial charge < -0.3 is 5.11 Å². The number of nitrogens with zero attached hydrogens (tertiary/aromatic N) is 1. The quantitative estimate of drug-likeness (QED) is 0.794. The summed E-state index contributed by atoms with van der Waals surface area (Å²) in [6.07, 6.45) is 1.63. The van der Waals surface area contributed by atoms with Crippen molar-refractivity contribution in [1.29, 1.82) is 0 Å². The number of para-hydroxylation sites is 1. The molecule has 0 aliphatic heterocycles. The van der Waals surface area contributed by atoms with Crippen LogP contribution in [0.5, 0.6) is 5.75 Å². The van der Waals surface area contributed by atoms with Crippen molar-refractivity contribution in [2.45, 2.75) is 6.92 Å². The second kappa shape index (κ2) is 5.02. The summed E-state index contributed by atoms with van der Waals surface area (Å²) in [6.45, 7) is 1.97. The van der Waals surface area contributed by atoms with Crippen LogP contribution in [-0.2, 0) is 0 Å². The van der Waals surface area contributed by atoms with E-state index in [1.54, 1.807) is 30.5 Å². The maximum Gasteiger partial charge on any atom is 0.124 e. The van der Waals surface area contributed by atoms with Gasteiger partial charge in [0, 0.05) is 16.8 Å². The van der Waals surface area contributed by atoms with E-state index in [-0.39, 0.29) is 5.75 Å². The number of aromatic hydroxyl groups is 1. The maximum atomic E-state index is 9.60. The molecule has 0 spiro atoms. The van der Waals surface area contributed by atoms with E-state index < -0.39 is 0 Å². The second-order valence-corrected chi connectivity index (χ2v) is 4.18. The molecular formula is C14H12ClNO. The molecule has 0 saturated carbocycles. The Bertz CT molecular complexity index is 564. The highest BCUT2D eigenvalue weighted by Crippen LogP contribution is 2.23. The van der Waals surface area contributed by atoms with Crippen molar-refractivity contribution in [2.24, 2.45) is 4.99 Å². The third-order valence-corrected chi connectivity index (χ3v) is 2.69. The minimum absolute atomic E-state index is 0.218. The zero-order valence-corrected chi connectivity index (χ0v) is 10.1. The molecule has 0 aromatic heterocycles. The van der Waals surface area contributed by atoms with Crippen LogP contribution in [0.15, 0.2) is 47.5 Å². The molecule has 0 aliphatic carbocycles. The van der Waals surface area contributed by atoms with Gasteiger partial charge in [-0.2, -0.15) is 0 Å². The standard InChI is InChI=1S/C14H12ClNO/c1-10-6-7-12(15)8-13(10)16-9-11-4-2-3-5-14(11)17/h2-9,17H,1H3. The number of phenols is 1. The van der Waals surface area contributed by atoms with Crippen LogP contribution in [0.1, 0.15) is 11.1 Å². The van der Waals surface area contributed by atoms with E-state index in [1.807, 2.05) is 25.1 Å². The van der Waals surface area contributed by atoms with Gasteiger partial charge in [0.25, 0.3) is 0 Å². The molecule has 2 aromatic carbocycles. The Morgan fingerprint density at radius 3 is 2.71 bits per heavy atom. The molecule has 1 N–H and O–H groups in total. The van der Waals surface area contributed by atoms with Gasteiger partial charge in [-0.25, -0.2) is 0 Å². The normalized spacial score (nSPS) is 10.9. The van der Waals surface area contributed by atoms with Crippen molar-refractivity contribution in [3.05, 3.63) is 58.6 Å². The van der Waals surface area contributed by atoms with E-state index in [0.717, 1.165) is 11.3 Å². The van der Waals surface area contributed by atoms with Gasteiger partial charge in [-0.1, -0.05) is 29.8 Å². The van der Waals surface area contributed by atoms with E-state index in [4.69, 9.17) is 11.6 Å². The van der Waals surface area contributed by atoms with Crippen molar-refractivity contribution >= 4 is 23.5 Å². The van der Waals surface area contributed by atoms with Crippen molar-refractivity contribution in [3.8, 4) is 5.75 Å². The van der Waals surface area contributed by atoms with Gasteiger partial charge in [0.2, 0.25) is 0 Å². The highest BCUT2D eigenvalue weighted by Gasteiger charge is 1.98. The first-order chi connectivity index (χ1) is 8.16. The lowest BCUT2D eigenvalue weighted by Crippen LogP contribution is -1.82. The molecule has 17 heavy (non-hydrogen) atoms. The van der Waals surface area contributed by atoms with E-state index in [9.17, 15) is 5.11 Å². The first kappa shape index (κ1) is 11.7. The Balaban J connectivity index is 2.32. The molecule has 0 amide bonds. The van der Waals surface area contributed by atoms with Gasteiger partial charge in [0.05, 0.1) is 5.69 Å². The smallest absolute Gasteiger partial charge is 0.124 e. The molecule has 0 atom stereocenters. The number of rotatable bonds is 2. The minimum atomic E-state index is 0.218. The van der Waals surface area contributed by atoms with Crippen LogP contribution in [0.25, 0.3) is 0 Å². The number of halogens is 1. The third kappa shape index (κ3) is 2.86. The van der Waals surface area contributed by atoms with Crippen LogP contribution in [-0.4, -0.2) is 11.3 Å². The highest BCUT2D eigenvalue weighted by atomic mass is 35.5. The number of benzene rings is 2. The van der Waals surface area contributed by atoms with E-state index in [1.165, 1.54) is 0 Å². The first-order valence-electron chi connectivity index (χ1n) is 5.25. The monoisotopic (exact) mass is 245 g/mol. The fourth-order valence-corrected chi connectivity index (χ4v) is 1.62. The third-order valence-electron chi connectivity index (χ3n) is 2.45. The summed E-state index contributed by atoms with van der Waals surface area (Å²) in [5, 5.41) is 10.2. The molecule has 0 aliphatic rings. The lowest BCUT2D eigenvalue weighted by atomic mass is 10.2. The summed E-state index contributed by atoms with van der Waals surface area (Å²) in [4.78, 5) is 4.33. The number of phenolic OH excluding ortho intramolecular Hbond substituents is 1. The van der Waals surface area contributed by atoms with Gasteiger partial charge in [-0.15, -0.1) is 0 Å². The van der Waals surface area contributed by atoms with E-state index >= 15 is 0 Å². The molecule has 0 bridgehead atoms. The molecular weight excluding hydrogens is 234 g/mol. The van der Waals surface area contributed by atoms with E-state index in [0.29, 0.717) is 10.6 Å². The molecule has 3 heteroatoms. The zero-order valence-electron chi connectivity index (χ0n) is 9.39. The minimum Gasteiger partial charge on any atom is -0.507 e. The summed E-state index contributed by atoms with van der Waals surface area (Å²) in [6, 6.07) is 12.6. The molecule has 86 valence electrons. The summed E-state index contributed by atoms with van der Waals surface area (Å²) < 4.78 is 0. The number of hydrogen-bond donors (Lipinski definition) is 1. The number of hydrogen-bond acceptors (Lipinski definition) is 2. The Kier molecular flexibility index (Phi) is 3.45. The molecule has 2 rings (SSSR count). The molecule has 0 heterocycles. The van der Waals surface area contributed by atoms with Crippen molar-refractivity contribution in [3.63, 3.8) is 0 Å². The van der Waals surface area contributed by atoms with Crippen molar-refractivity contribution in [2.75, 3.05) is 0 Å². The van der Waals surface area contributed by atoms with Crippen LogP contribution in [0.4, 0.5) is 5.69 Å². The van der Waals surface area contributed by atoms with Gasteiger partial charge >= 0.3 is 0 Å². The molecule has 0 fully saturated rings. The second-order valence-electron chi connectivity index (χ2n) is 3.75. The van der Waals surface area contributed by atoms with E-state index in [2.05, 4.69) is 4.99 Å². The fraction of sp³-hybridized carbons (Fsp3) is 0.0714. The zero-order chi connectivity index (χ0) is 12.3. The average molecular weight is 246 g/mol. The van der Waals surface area contributed by atoms with Crippen molar-refractivity contribution < 1.29 is 5.11 Å². The fourth-order valence-electron chi connectivity index (χ4n) is 1.46. The average Bonchev–Trinajstić information content (AvgIpc) is 2.32. The number of aryl methyl sites for hydroxylation is 1.